The molecule has 2 N–H and O–H groups in total. The molecule has 7 nitrogen and oxygen atoms in total. The van der Waals surface area contributed by atoms with Gasteiger partial charge in [0.15, 0.2) is 0 Å². The van der Waals surface area contributed by atoms with Crippen molar-refractivity contribution >= 4 is 17.6 Å². The molecule has 7 heteroatoms. The smallest absolute Gasteiger partial charge is 0.248 e. The Morgan fingerprint density at radius 1 is 1.52 bits per heavy atom. The van der Waals surface area contributed by atoms with Crippen LogP contribution in [-0.2, 0) is 9.59 Å². The molecule has 1 aliphatic rings. The van der Waals surface area contributed by atoms with Crippen LogP contribution >= 0.6 is 0 Å². The van der Waals surface area contributed by atoms with Crippen molar-refractivity contribution in [3.05, 3.63) is 18.2 Å². The molecule has 114 valence electrons. The number of amides is 2. The second-order valence-corrected chi connectivity index (χ2v) is 4.86. The minimum absolute atomic E-state index is 0.180. The van der Waals surface area contributed by atoms with E-state index in [0.717, 1.165) is 0 Å². The number of pyridine rings is 1. The molecule has 0 saturated carbocycles. The minimum Gasteiger partial charge on any atom is -0.478 e. The first-order valence-corrected chi connectivity index (χ1v) is 6.87. The molecule has 0 bridgehead atoms. The molecule has 0 aliphatic carbocycles. The standard InChI is InChI=1S/C14H19N3O4/c1-3-21-13-6-4-5-12(15-13)16-14(20)11-7-10(19)8-17(11)9(2)18/h4-6,10-11,19H,3,7-8H2,1-2H3,(H,15,16,20)/t10-,11-/m1/s1. The number of β-amino-alcohol motifs (C(OH)–C–C–N with tert-alkyl or cyclic N) is 1. The maximum atomic E-state index is 12.2. The average molecular weight is 293 g/mol. The molecule has 1 aliphatic heterocycles. The molecule has 1 saturated heterocycles. The Labute approximate surface area is 122 Å². The van der Waals surface area contributed by atoms with Crippen molar-refractivity contribution < 1.29 is 19.4 Å². The van der Waals surface area contributed by atoms with Crippen molar-refractivity contribution in [1.82, 2.24) is 9.88 Å². The zero-order valence-corrected chi connectivity index (χ0v) is 12.1. The van der Waals surface area contributed by atoms with Crippen LogP contribution in [0.1, 0.15) is 20.3 Å². The number of ether oxygens (including phenoxy) is 1. The number of nitrogens with one attached hydrogen (secondary N) is 1. The zero-order chi connectivity index (χ0) is 15.4. The van der Waals surface area contributed by atoms with Gasteiger partial charge in [-0.2, -0.15) is 4.98 Å². The van der Waals surface area contributed by atoms with Gasteiger partial charge < -0.3 is 20.1 Å². The SMILES string of the molecule is CCOc1cccc(NC(=O)[C@H]2C[C@@H](O)CN2C(C)=O)n1. The van der Waals surface area contributed by atoms with Crippen LogP contribution < -0.4 is 10.1 Å². The van der Waals surface area contributed by atoms with Gasteiger partial charge in [-0.15, -0.1) is 0 Å². The summed E-state index contributed by atoms with van der Waals surface area (Å²) in [4.78, 5) is 29.3. The third-order valence-electron chi connectivity index (χ3n) is 3.25. The highest BCUT2D eigenvalue weighted by Crippen LogP contribution is 2.20. The van der Waals surface area contributed by atoms with Gasteiger partial charge in [0.05, 0.1) is 12.7 Å². The van der Waals surface area contributed by atoms with Crippen LogP contribution in [0.3, 0.4) is 0 Å². The van der Waals surface area contributed by atoms with Gasteiger partial charge in [-0.3, -0.25) is 9.59 Å². The number of carbonyl (C=O) groups excluding carboxylic acids is 2. The molecule has 1 aromatic rings. The number of hydrogen-bond donors (Lipinski definition) is 2. The van der Waals surface area contributed by atoms with Crippen molar-refractivity contribution in [1.29, 1.82) is 0 Å². The third kappa shape index (κ3) is 3.69. The number of aliphatic hydroxyl groups is 1. The third-order valence-corrected chi connectivity index (χ3v) is 3.25. The van der Waals surface area contributed by atoms with E-state index in [2.05, 4.69) is 10.3 Å². The van der Waals surface area contributed by atoms with Gasteiger partial charge in [0.2, 0.25) is 17.7 Å². The van der Waals surface area contributed by atoms with Gasteiger partial charge in [-0.25, -0.2) is 0 Å². The highest BCUT2D eigenvalue weighted by molar-refractivity contribution is 5.96. The van der Waals surface area contributed by atoms with Gasteiger partial charge >= 0.3 is 0 Å². The van der Waals surface area contributed by atoms with Gasteiger partial charge in [-0.1, -0.05) is 6.07 Å². The molecule has 1 fully saturated rings. The fraction of sp³-hybridized carbons (Fsp3) is 0.500. The lowest BCUT2D eigenvalue weighted by Gasteiger charge is -2.21. The summed E-state index contributed by atoms with van der Waals surface area (Å²) in [6.07, 6.45) is -0.441. The Morgan fingerprint density at radius 2 is 2.29 bits per heavy atom. The molecule has 0 unspecified atom stereocenters. The van der Waals surface area contributed by atoms with E-state index < -0.39 is 12.1 Å². The average Bonchev–Trinajstić information content (AvgIpc) is 2.82. The highest BCUT2D eigenvalue weighted by atomic mass is 16.5. The summed E-state index contributed by atoms with van der Waals surface area (Å²) in [7, 11) is 0. The number of nitrogens with zero attached hydrogens (tertiary/aromatic N) is 2. The summed E-state index contributed by atoms with van der Waals surface area (Å²) in [6, 6.07) is 4.39. The number of anilines is 1. The van der Waals surface area contributed by atoms with E-state index in [0.29, 0.717) is 18.3 Å². The Hall–Kier alpha value is -2.15. The zero-order valence-electron chi connectivity index (χ0n) is 12.1. The number of rotatable bonds is 4. The van der Waals surface area contributed by atoms with Crippen molar-refractivity contribution in [2.24, 2.45) is 0 Å². The first kappa shape index (κ1) is 15.2. The molecule has 2 amide bonds. The fourth-order valence-electron chi connectivity index (χ4n) is 2.33. The summed E-state index contributed by atoms with van der Waals surface area (Å²) in [6.45, 7) is 3.89. The van der Waals surface area contributed by atoms with E-state index in [1.165, 1.54) is 11.8 Å². The molecule has 2 rings (SSSR count). The molecular formula is C14H19N3O4. The maximum absolute atomic E-state index is 12.2. The molecule has 0 radical (unpaired) electrons. The monoisotopic (exact) mass is 293 g/mol. The molecule has 21 heavy (non-hydrogen) atoms. The Morgan fingerprint density at radius 3 is 2.95 bits per heavy atom. The van der Waals surface area contributed by atoms with Crippen molar-refractivity contribution in [2.45, 2.75) is 32.4 Å². The molecular weight excluding hydrogens is 274 g/mol. The fourth-order valence-corrected chi connectivity index (χ4v) is 2.33. The van der Waals surface area contributed by atoms with Crippen molar-refractivity contribution in [2.75, 3.05) is 18.5 Å². The van der Waals surface area contributed by atoms with Crippen molar-refractivity contribution in [3.8, 4) is 5.88 Å². The molecule has 2 heterocycles. The van der Waals surface area contributed by atoms with Gasteiger partial charge in [-0.05, 0) is 13.0 Å². The van der Waals surface area contributed by atoms with E-state index in [1.807, 2.05) is 6.92 Å². The lowest BCUT2D eigenvalue weighted by Crippen LogP contribution is -2.42. The van der Waals surface area contributed by atoms with Crippen LogP contribution in [-0.4, -0.2) is 52.1 Å². The summed E-state index contributed by atoms with van der Waals surface area (Å²) in [5.74, 6) is 0.187. The number of aliphatic hydroxyl groups excluding tert-OH is 1. The largest absolute Gasteiger partial charge is 0.478 e. The topological polar surface area (TPSA) is 91.8 Å². The van der Waals surface area contributed by atoms with E-state index in [4.69, 9.17) is 4.74 Å². The lowest BCUT2D eigenvalue weighted by atomic mass is 10.2. The first-order chi connectivity index (χ1) is 10.0. The number of carbonyl (C=O) groups is 2. The summed E-state index contributed by atoms with van der Waals surface area (Å²) >= 11 is 0. The minimum atomic E-state index is -0.674. The van der Waals surface area contributed by atoms with E-state index in [-0.39, 0.29) is 24.8 Å². The van der Waals surface area contributed by atoms with Crippen LogP contribution in [0.4, 0.5) is 5.82 Å². The second-order valence-electron chi connectivity index (χ2n) is 4.86. The summed E-state index contributed by atoms with van der Waals surface area (Å²) in [5, 5.41) is 12.3. The molecule has 0 aromatic carbocycles. The number of likely N-dealkylation sites (tertiary alicyclic amines) is 1. The highest BCUT2D eigenvalue weighted by Gasteiger charge is 2.37. The van der Waals surface area contributed by atoms with Gasteiger partial charge in [0, 0.05) is 26.0 Å². The van der Waals surface area contributed by atoms with E-state index >= 15 is 0 Å². The predicted molar refractivity (Wildman–Crippen MR) is 75.8 cm³/mol. The maximum Gasteiger partial charge on any atom is 0.248 e. The van der Waals surface area contributed by atoms with Crippen LogP contribution in [0.15, 0.2) is 18.2 Å². The van der Waals surface area contributed by atoms with Crippen LogP contribution in [0.25, 0.3) is 0 Å². The Kier molecular flexibility index (Phi) is 4.74. The quantitative estimate of drug-likeness (QED) is 0.838. The normalized spacial score (nSPS) is 21.2. The first-order valence-electron chi connectivity index (χ1n) is 6.87. The van der Waals surface area contributed by atoms with E-state index in [9.17, 15) is 14.7 Å². The van der Waals surface area contributed by atoms with Crippen LogP contribution in [0.2, 0.25) is 0 Å². The Bertz CT molecular complexity index is 535. The van der Waals surface area contributed by atoms with Gasteiger partial charge in [0.1, 0.15) is 11.9 Å². The summed E-state index contributed by atoms with van der Waals surface area (Å²) in [5.41, 5.74) is 0. The lowest BCUT2D eigenvalue weighted by molar-refractivity contribution is -0.134. The predicted octanol–water partition coefficient (Wildman–Crippen LogP) is 0.400. The van der Waals surface area contributed by atoms with Crippen LogP contribution in [0, 0.1) is 0 Å². The van der Waals surface area contributed by atoms with E-state index in [1.54, 1.807) is 18.2 Å². The number of aromatic nitrogens is 1. The van der Waals surface area contributed by atoms with Crippen LogP contribution in [0.5, 0.6) is 5.88 Å². The number of hydrogen-bond acceptors (Lipinski definition) is 5. The Balaban J connectivity index is 2.07. The second kappa shape index (κ2) is 6.53. The molecule has 0 spiro atoms. The molecule has 2 atom stereocenters. The molecule has 1 aromatic heterocycles. The van der Waals surface area contributed by atoms with Crippen molar-refractivity contribution in [3.63, 3.8) is 0 Å². The van der Waals surface area contributed by atoms with Gasteiger partial charge in [0.25, 0.3) is 0 Å². The summed E-state index contributed by atoms with van der Waals surface area (Å²) < 4.78 is 5.26.